The number of benzene rings is 1. The van der Waals surface area contributed by atoms with Crippen molar-refractivity contribution in [2.45, 2.75) is 25.8 Å². The molecule has 1 N–H and O–H groups in total. The fourth-order valence-electron chi connectivity index (χ4n) is 2.29. The summed E-state index contributed by atoms with van der Waals surface area (Å²) in [6.07, 6.45) is 3.26. The van der Waals surface area contributed by atoms with Gasteiger partial charge in [-0.2, -0.15) is 0 Å². The number of aryl methyl sites for hydroxylation is 1. The third kappa shape index (κ3) is 4.24. The summed E-state index contributed by atoms with van der Waals surface area (Å²) in [5.74, 6) is 0.771. The van der Waals surface area contributed by atoms with E-state index in [1.165, 1.54) is 11.3 Å². The molecule has 0 fully saturated rings. The highest BCUT2D eigenvalue weighted by Crippen LogP contribution is 2.25. The normalized spacial score (nSPS) is 12.1. The number of hydrogen-bond acceptors (Lipinski definition) is 4. The largest absolute Gasteiger partial charge is 0.469 e. The summed E-state index contributed by atoms with van der Waals surface area (Å²) in [5.41, 5.74) is 1.39. The van der Waals surface area contributed by atoms with E-state index in [1.807, 2.05) is 43.3 Å². The maximum Gasteiger partial charge on any atom is 0.270 e. The van der Waals surface area contributed by atoms with Crippen LogP contribution >= 0.6 is 22.9 Å². The lowest BCUT2D eigenvalue weighted by Gasteiger charge is -2.11. The zero-order valence-corrected chi connectivity index (χ0v) is 14.7. The van der Waals surface area contributed by atoms with E-state index in [1.54, 1.807) is 11.6 Å². The Hall–Kier alpha value is -2.11. The van der Waals surface area contributed by atoms with Gasteiger partial charge in [-0.15, -0.1) is 11.3 Å². The number of amides is 1. The quantitative estimate of drug-likeness (QED) is 0.686. The van der Waals surface area contributed by atoms with Gasteiger partial charge in [0.05, 0.1) is 6.26 Å². The Morgan fingerprint density at radius 1 is 1.33 bits per heavy atom. The number of halogens is 1. The van der Waals surface area contributed by atoms with Crippen molar-refractivity contribution in [3.63, 3.8) is 0 Å². The summed E-state index contributed by atoms with van der Waals surface area (Å²) in [4.78, 5) is 16.7. The molecule has 0 aliphatic heterocycles. The Bertz CT molecular complexity index is 797. The third-order valence-corrected chi connectivity index (χ3v) is 4.75. The van der Waals surface area contributed by atoms with E-state index in [2.05, 4.69) is 10.3 Å². The first-order valence-electron chi connectivity index (χ1n) is 7.66. The monoisotopic (exact) mass is 360 g/mol. The van der Waals surface area contributed by atoms with Gasteiger partial charge in [0.1, 0.15) is 16.5 Å². The van der Waals surface area contributed by atoms with Crippen molar-refractivity contribution < 1.29 is 9.21 Å². The van der Waals surface area contributed by atoms with Crippen LogP contribution in [0.2, 0.25) is 5.02 Å². The van der Waals surface area contributed by atoms with E-state index in [9.17, 15) is 4.79 Å². The molecule has 1 aromatic carbocycles. The van der Waals surface area contributed by atoms with Crippen LogP contribution in [0.25, 0.3) is 10.6 Å². The Kier molecular flexibility index (Phi) is 5.33. The molecule has 0 aliphatic rings. The van der Waals surface area contributed by atoms with Gasteiger partial charge >= 0.3 is 0 Å². The van der Waals surface area contributed by atoms with Crippen LogP contribution in [0.4, 0.5) is 0 Å². The molecule has 24 heavy (non-hydrogen) atoms. The van der Waals surface area contributed by atoms with Gasteiger partial charge in [-0.3, -0.25) is 4.79 Å². The number of thiazole rings is 1. The molecule has 0 radical (unpaired) electrons. The third-order valence-electron chi connectivity index (χ3n) is 3.61. The smallest absolute Gasteiger partial charge is 0.270 e. The number of hydrogen-bond donors (Lipinski definition) is 1. The predicted octanol–water partition coefficient (Wildman–Crippen LogP) is 4.81. The minimum absolute atomic E-state index is 0.0447. The molecule has 4 nitrogen and oxygen atoms in total. The molecule has 1 atom stereocenters. The summed E-state index contributed by atoms with van der Waals surface area (Å²) in [6, 6.07) is 11.3. The minimum Gasteiger partial charge on any atom is -0.469 e. The Morgan fingerprint density at radius 3 is 2.83 bits per heavy atom. The lowest BCUT2D eigenvalue weighted by molar-refractivity contribution is 0.0934. The van der Waals surface area contributed by atoms with Crippen molar-refractivity contribution in [1.82, 2.24) is 10.3 Å². The van der Waals surface area contributed by atoms with Crippen LogP contribution in [0, 0.1) is 0 Å². The Balaban J connectivity index is 1.58. The molecule has 2 aromatic heterocycles. The highest BCUT2D eigenvalue weighted by molar-refractivity contribution is 7.13. The minimum atomic E-state index is -0.154. The molecule has 0 saturated carbocycles. The van der Waals surface area contributed by atoms with Crippen LogP contribution in [0.5, 0.6) is 0 Å². The van der Waals surface area contributed by atoms with Gasteiger partial charge in [-0.1, -0.05) is 23.7 Å². The average molecular weight is 361 g/mol. The van der Waals surface area contributed by atoms with Crippen LogP contribution in [0.15, 0.2) is 52.5 Å². The predicted molar refractivity (Wildman–Crippen MR) is 96.5 cm³/mol. The van der Waals surface area contributed by atoms with Crippen molar-refractivity contribution in [2.75, 3.05) is 0 Å². The highest BCUT2D eigenvalue weighted by atomic mass is 35.5. The zero-order chi connectivity index (χ0) is 16.9. The van der Waals surface area contributed by atoms with Gasteiger partial charge in [0, 0.05) is 28.4 Å². The maximum absolute atomic E-state index is 12.3. The second-order valence-corrected chi connectivity index (χ2v) is 6.83. The van der Waals surface area contributed by atoms with Crippen molar-refractivity contribution in [1.29, 1.82) is 0 Å². The van der Waals surface area contributed by atoms with Gasteiger partial charge in [-0.05, 0) is 37.6 Å². The lowest BCUT2D eigenvalue weighted by atomic mass is 10.1. The number of carbonyl (C=O) groups excluding carboxylic acids is 1. The molecule has 1 unspecified atom stereocenters. The van der Waals surface area contributed by atoms with Gasteiger partial charge in [0.2, 0.25) is 0 Å². The molecule has 0 aliphatic carbocycles. The standard InChI is InChI=1S/C18H17ClN2O2S/c1-12(4-9-15-3-2-10-23-15)20-17(22)16-11-24-18(21-16)13-5-7-14(19)8-6-13/h2-3,5-8,10-12H,4,9H2,1H3,(H,20,22). The summed E-state index contributed by atoms with van der Waals surface area (Å²) < 4.78 is 5.30. The van der Waals surface area contributed by atoms with Crippen LogP contribution in [-0.2, 0) is 6.42 Å². The molecule has 1 amide bonds. The van der Waals surface area contributed by atoms with E-state index in [4.69, 9.17) is 16.0 Å². The van der Waals surface area contributed by atoms with E-state index in [0.717, 1.165) is 29.2 Å². The molecular formula is C18H17ClN2O2S. The van der Waals surface area contributed by atoms with Crippen molar-refractivity contribution in [3.8, 4) is 10.6 Å². The first-order valence-corrected chi connectivity index (χ1v) is 8.92. The number of nitrogens with zero attached hydrogens (tertiary/aromatic N) is 1. The van der Waals surface area contributed by atoms with Gasteiger partial charge in [-0.25, -0.2) is 4.98 Å². The molecule has 0 bridgehead atoms. The van der Waals surface area contributed by atoms with E-state index in [0.29, 0.717) is 10.7 Å². The Morgan fingerprint density at radius 2 is 2.12 bits per heavy atom. The summed E-state index contributed by atoms with van der Waals surface area (Å²) in [5, 5.41) is 6.24. The van der Waals surface area contributed by atoms with E-state index in [-0.39, 0.29) is 11.9 Å². The number of nitrogens with one attached hydrogen (secondary N) is 1. The second-order valence-electron chi connectivity index (χ2n) is 5.54. The van der Waals surface area contributed by atoms with E-state index < -0.39 is 0 Å². The molecular weight excluding hydrogens is 344 g/mol. The number of carbonyl (C=O) groups is 1. The SMILES string of the molecule is CC(CCc1ccco1)NC(=O)c1csc(-c2ccc(Cl)cc2)n1. The molecule has 6 heteroatoms. The molecule has 2 heterocycles. The van der Waals surface area contributed by atoms with Crippen LogP contribution < -0.4 is 5.32 Å². The molecule has 3 rings (SSSR count). The maximum atomic E-state index is 12.3. The number of rotatable bonds is 6. The number of aromatic nitrogens is 1. The van der Waals surface area contributed by atoms with Crippen LogP contribution in [-0.4, -0.2) is 16.9 Å². The fraction of sp³-hybridized carbons (Fsp3) is 0.222. The average Bonchev–Trinajstić information content (AvgIpc) is 3.25. The topological polar surface area (TPSA) is 55.1 Å². The van der Waals surface area contributed by atoms with Crippen LogP contribution in [0.3, 0.4) is 0 Å². The van der Waals surface area contributed by atoms with Crippen molar-refractivity contribution in [3.05, 3.63) is 64.5 Å². The molecule has 0 saturated heterocycles. The molecule has 0 spiro atoms. The van der Waals surface area contributed by atoms with Gasteiger partial charge < -0.3 is 9.73 Å². The first kappa shape index (κ1) is 16.7. The molecule has 3 aromatic rings. The lowest BCUT2D eigenvalue weighted by Crippen LogP contribution is -2.33. The van der Waals surface area contributed by atoms with Gasteiger partial charge in [0.25, 0.3) is 5.91 Å². The van der Waals surface area contributed by atoms with Crippen molar-refractivity contribution >= 4 is 28.8 Å². The first-order chi connectivity index (χ1) is 11.6. The van der Waals surface area contributed by atoms with E-state index >= 15 is 0 Å². The zero-order valence-electron chi connectivity index (χ0n) is 13.2. The summed E-state index contributed by atoms with van der Waals surface area (Å²) >= 11 is 7.34. The summed E-state index contributed by atoms with van der Waals surface area (Å²) in [6.45, 7) is 1.98. The highest BCUT2D eigenvalue weighted by Gasteiger charge is 2.14. The van der Waals surface area contributed by atoms with Crippen molar-refractivity contribution in [2.24, 2.45) is 0 Å². The number of furan rings is 1. The summed E-state index contributed by atoms with van der Waals surface area (Å²) in [7, 11) is 0. The molecule has 124 valence electrons. The second kappa shape index (κ2) is 7.64. The Labute approximate surface area is 149 Å². The fourth-order valence-corrected chi connectivity index (χ4v) is 3.22. The van der Waals surface area contributed by atoms with Gasteiger partial charge in [0.15, 0.2) is 0 Å². The van der Waals surface area contributed by atoms with Crippen LogP contribution in [0.1, 0.15) is 29.6 Å².